The lowest BCUT2D eigenvalue weighted by Gasteiger charge is -2.35. The van der Waals surface area contributed by atoms with Gasteiger partial charge in [-0.15, -0.1) is 11.3 Å². The average molecular weight is 270 g/mol. The zero-order valence-electron chi connectivity index (χ0n) is 9.88. The van der Waals surface area contributed by atoms with E-state index in [4.69, 9.17) is 9.84 Å². The Hall–Kier alpha value is -1.47. The molecule has 0 spiro atoms. The topological polar surface area (TPSA) is 88.5 Å². The number of carboxylic acid groups (broad SMARTS) is 1. The van der Waals surface area contributed by atoms with Crippen molar-refractivity contribution < 1.29 is 19.4 Å². The number of carbonyl (C=O) groups excluding carboxylic acids is 1. The molecule has 0 unspecified atom stereocenters. The number of aromatic carboxylic acids is 1. The van der Waals surface area contributed by atoms with Gasteiger partial charge in [0, 0.05) is 18.0 Å². The molecule has 0 aromatic carbocycles. The third-order valence-electron chi connectivity index (χ3n) is 2.75. The van der Waals surface area contributed by atoms with Crippen molar-refractivity contribution in [2.45, 2.75) is 31.9 Å². The van der Waals surface area contributed by atoms with E-state index in [0.29, 0.717) is 6.61 Å². The van der Waals surface area contributed by atoms with Crippen molar-refractivity contribution in [2.75, 3.05) is 6.61 Å². The van der Waals surface area contributed by atoms with E-state index in [0.717, 1.165) is 24.2 Å². The lowest BCUT2D eigenvalue weighted by Crippen LogP contribution is -2.47. The number of ether oxygens (including phenoxy) is 1. The summed E-state index contributed by atoms with van der Waals surface area (Å²) in [4.78, 5) is 26.1. The Balaban J connectivity index is 1.83. The highest BCUT2D eigenvalue weighted by atomic mass is 32.1. The summed E-state index contributed by atoms with van der Waals surface area (Å²) in [5, 5.41) is 13.1. The van der Waals surface area contributed by atoms with Crippen LogP contribution >= 0.6 is 11.3 Å². The lowest BCUT2D eigenvalue weighted by molar-refractivity contribution is -0.00862. The fraction of sp³-hybridized carbons (Fsp3) is 0.545. The highest BCUT2D eigenvalue weighted by molar-refractivity contribution is 7.11. The number of nitrogens with zero attached hydrogens (tertiary/aromatic N) is 1. The van der Waals surface area contributed by atoms with Crippen molar-refractivity contribution in [1.82, 2.24) is 10.3 Å². The van der Waals surface area contributed by atoms with Gasteiger partial charge in [0.05, 0.1) is 6.10 Å². The Labute approximate surface area is 108 Å². The molecule has 1 aliphatic rings. The molecule has 7 heteroatoms. The Bertz CT molecular complexity index is 454. The minimum absolute atomic E-state index is 0.0917. The maximum Gasteiger partial charge on any atom is 0.355 e. The van der Waals surface area contributed by atoms with Crippen molar-refractivity contribution in [2.24, 2.45) is 0 Å². The Kier molecular flexibility index (Phi) is 3.93. The van der Waals surface area contributed by atoms with Gasteiger partial charge in [0.25, 0.3) is 5.91 Å². The number of carboxylic acids is 1. The number of hydrogen-bond donors (Lipinski definition) is 2. The minimum atomic E-state index is -1.12. The summed E-state index contributed by atoms with van der Waals surface area (Å²) in [5.41, 5.74) is -0.0917. The van der Waals surface area contributed by atoms with Crippen molar-refractivity contribution >= 4 is 23.2 Å². The van der Waals surface area contributed by atoms with Gasteiger partial charge in [-0.25, -0.2) is 9.78 Å². The Morgan fingerprint density at radius 1 is 1.61 bits per heavy atom. The van der Waals surface area contributed by atoms with Crippen molar-refractivity contribution in [3.8, 4) is 0 Å². The molecule has 1 amide bonds. The number of rotatable bonds is 5. The maximum absolute atomic E-state index is 11.8. The molecule has 0 bridgehead atoms. The smallest absolute Gasteiger partial charge is 0.355 e. The summed E-state index contributed by atoms with van der Waals surface area (Å²) in [6, 6.07) is 0.103. The van der Waals surface area contributed by atoms with E-state index in [1.54, 1.807) is 0 Å². The highest BCUT2D eigenvalue weighted by Crippen LogP contribution is 2.23. The molecule has 0 radical (unpaired) electrons. The quantitative estimate of drug-likeness (QED) is 0.837. The fourth-order valence-corrected chi connectivity index (χ4v) is 2.47. The first-order valence-electron chi connectivity index (χ1n) is 5.71. The van der Waals surface area contributed by atoms with Crippen LogP contribution in [0.25, 0.3) is 0 Å². The second kappa shape index (κ2) is 5.45. The molecule has 1 heterocycles. The SMILES string of the molecule is CCOC1CC(NC(=O)c2nc(C(=O)O)cs2)C1. The van der Waals surface area contributed by atoms with E-state index < -0.39 is 5.97 Å². The number of nitrogens with one attached hydrogen (secondary N) is 1. The monoisotopic (exact) mass is 270 g/mol. The third kappa shape index (κ3) is 2.85. The van der Waals surface area contributed by atoms with Crippen molar-refractivity contribution in [3.63, 3.8) is 0 Å². The van der Waals surface area contributed by atoms with Gasteiger partial charge in [-0.1, -0.05) is 0 Å². The summed E-state index contributed by atoms with van der Waals surface area (Å²) in [5.74, 6) is -1.43. The van der Waals surface area contributed by atoms with Crippen LogP contribution in [-0.2, 0) is 4.74 Å². The van der Waals surface area contributed by atoms with Gasteiger partial charge in [-0.05, 0) is 19.8 Å². The zero-order chi connectivity index (χ0) is 13.1. The van der Waals surface area contributed by atoms with E-state index in [1.807, 2.05) is 6.92 Å². The van der Waals surface area contributed by atoms with Crippen LogP contribution in [0.5, 0.6) is 0 Å². The predicted octanol–water partition coefficient (Wildman–Crippen LogP) is 1.14. The van der Waals surface area contributed by atoms with Gasteiger partial charge in [0.1, 0.15) is 0 Å². The molecular weight excluding hydrogens is 256 g/mol. The predicted molar refractivity (Wildman–Crippen MR) is 65.0 cm³/mol. The van der Waals surface area contributed by atoms with Crippen LogP contribution in [-0.4, -0.2) is 40.7 Å². The maximum atomic E-state index is 11.8. The molecule has 18 heavy (non-hydrogen) atoms. The number of carbonyl (C=O) groups is 2. The van der Waals surface area contributed by atoms with Crippen LogP contribution < -0.4 is 5.32 Å². The van der Waals surface area contributed by atoms with Gasteiger partial charge in [0.2, 0.25) is 0 Å². The molecule has 0 saturated heterocycles. The average Bonchev–Trinajstić information content (AvgIpc) is 2.75. The normalized spacial score (nSPS) is 22.3. The lowest BCUT2D eigenvalue weighted by atomic mass is 9.89. The molecule has 1 aliphatic carbocycles. The first-order valence-corrected chi connectivity index (χ1v) is 6.59. The molecule has 1 saturated carbocycles. The molecule has 2 rings (SSSR count). The minimum Gasteiger partial charge on any atom is -0.476 e. The number of hydrogen-bond acceptors (Lipinski definition) is 5. The van der Waals surface area contributed by atoms with Crippen LogP contribution in [0.2, 0.25) is 0 Å². The molecule has 0 aliphatic heterocycles. The van der Waals surface area contributed by atoms with E-state index in [1.165, 1.54) is 5.38 Å². The van der Waals surface area contributed by atoms with Gasteiger partial charge in [-0.3, -0.25) is 4.79 Å². The van der Waals surface area contributed by atoms with E-state index in [-0.39, 0.29) is 28.8 Å². The van der Waals surface area contributed by atoms with Gasteiger partial charge < -0.3 is 15.2 Å². The summed E-state index contributed by atoms with van der Waals surface area (Å²) < 4.78 is 5.39. The van der Waals surface area contributed by atoms with E-state index in [9.17, 15) is 9.59 Å². The molecule has 1 fully saturated rings. The van der Waals surface area contributed by atoms with Gasteiger partial charge in [0.15, 0.2) is 10.7 Å². The van der Waals surface area contributed by atoms with E-state index >= 15 is 0 Å². The molecule has 2 N–H and O–H groups in total. The summed E-state index contributed by atoms with van der Waals surface area (Å²) >= 11 is 1.04. The second-order valence-corrected chi connectivity index (χ2v) is 4.92. The highest BCUT2D eigenvalue weighted by Gasteiger charge is 2.31. The fourth-order valence-electron chi connectivity index (χ4n) is 1.78. The van der Waals surface area contributed by atoms with Crippen LogP contribution in [0.15, 0.2) is 5.38 Å². The molecular formula is C11H14N2O4S. The molecule has 0 atom stereocenters. The summed E-state index contributed by atoms with van der Waals surface area (Å²) in [6.45, 7) is 2.62. The van der Waals surface area contributed by atoms with Crippen LogP contribution in [0.4, 0.5) is 0 Å². The van der Waals surface area contributed by atoms with Gasteiger partial charge in [-0.2, -0.15) is 0 Å². The van der Waals surface area contributed by atoms with Crippen LogP contribution in [0, 0.1) is 0 Å². The molecule has 98 valence electrons. The second-order valence-electron chi connectivity index (χ2n) is 4.06. The Morgan fingerprint density at radius 3 is 2.89 bits per heavy atom. The largest absolute Gasteiger partial charge is 0.476 e. The first-order chi connectivity index (χ1) is 8.60. The van der Waals surface area contributed by atoms with Crippen LogP contribution in [0.3, 0.4) is 0 Å². The first kappa shape index (κ1) is 13.0. The summed E-state index contributed by atoms with van der Waals surface area (Å²) in [7, 11) is 0. The summed E-state index contributed by atoms with van der Waals surface area (Å²) in [6.07, 6.45) is 1.83. The van der Waals surface area contributed by atoms with Crippen molar-refractivity contribution in [3.05, 3.63) is 16.1 Å². The molecule has 1 aromatic rings. The number of thiazole rings is 1. The van der Waals surface area contributed by atoms with Crippen molar-refractivity contribution in [1.29, 1.82) is 0 Å². The number of aromatic nitrogens is 1. The molecule has 1 aromatic heterocycles. The third-order valence-corrected chi connectivity index (χ3v) is 3.59. The Morgan fingerprint density at radius 2 is 2.33 bits per heavy atom. The van der Waals surface area contributed by atoms with Crippen LogP contribution in [0.1, 0.15) is 40.1 Å². The number of amides is 1. The zero-order valence-corrected chi connectivity index (χ0v) is 10.7. The standard InChI is InChI=1S/C11H14N2O4S/c1-2-17-7-3-6(4-7)12-9(14)10-13-8(5-18-10)11(15)16/h5-7H,2-4H2,1H3,(H,12,14)(H,15,16). The van der Waals surface area contributed by atoms with E-state index in [2.05, 4.69) is 10.3 Å². The van der Waals surface area contributed by atoms with Gasteiger partial charge >= 0.3 is 5.97 Å². The molecule has 6 nitrogen and oxygen atoms in total.